The van der Waals surface area contributed by atoms with Crippen LogP contribution < -0.4 is 0 Å². The lowest BCUT2D eigenvalue weighted by atomic mass is 10.1. The summed E-state index contributed by atoms with van der Waals surface area (Å²) in [5.74, 6) is 1.11. The molecule has 1 amide bonds. The lowest BCUT2D eigenvalue weighted by Gasteiger charge is -2.30. The maximum Gasteiger partial charge on any atom is 0.257 e. The molecule has 3 rings (SSSR count). The van der Waals surface area contributed by atoms with Gasteiger partial charge in [-0.05, 0) is 56.9 Å². The van der Waals surface area contributed by atoms with Crippen LogP contribution in [0.2, 0.25) is 0 Å². The molecule has 0 spiro atoms. The summed E-state index contributed by atoms with van der Waals surface area (Å²) in [5.41, 5.74) is 1.49. The minimum Gasteiger partial charge on any atom is -0.376 e. The van der Waals surface area contributed by atoms with E-state index in [1.807, 2.05) is 29.2 Å². The van der Waals surface area contributed by atoms with E-state index in [4.69, 9.17) is 9.26 Å². The largest absolute Gasteiger partial charge is 0.376 e. The third-order valence-corrected chi connectivity index (χ3v) is 4.39. The zero-order chi connectivity index (χ0) is 17.6. The molecule has 1 aliphatic heterocycles. The molecule has 1 aliphatic rings. The van der Waals surface area contributed by atoms with Crippen LogP contribution in [0.1, 0.15) is 48.8 Å². The molecule has 1 fully saturated rings. The van der Waals surface area contributed by atoms with E-state index >= 15 is 0 Å². The molecular formula is C19H25N3O3. The SMILES string of the molecule is CCCN(C[C@H]1CCCCO1)C(=O)c1ccc(-c2nc(C)no2)cc1. The number of amides is 1. The van der Waals surface area contributed by atoms with Gasteiger partial charge in [0.1, 0.15) is 0 Å². The number of benzene rings is 1. The van der Waals surface area contributed by atoms with Crippen molar-refractivity contribution in [3.63, 3.8) is 0 Å². The number of carbonyl (C=O) groups is 1. The molecule has 2 aromatic rings. The third-order valence-electron chi connectivity index (χ3n) is 4.39. The number of hydrogen-bond acceptors (Lipinski definition) is 5. The number of ether oxygens (including phenoxy) is 1. The van der Waals surface area contributed by atoms with Crippen LogP contribution in [0.4, 0.5) is 0 Å². The fourth-order valence-corrected chi connectivity index (χ4v) is 3.10. The minimum absolute atomic E-state index is 0.0456. The normalized spacial score (nSPS) is 17.4. The Morgan fingerprint density at radius 1 is 1.28 bits per heavy atom. The van der Waals surface area contributed by atoms with Gasteiger partial charge in [0.05, 0.1) is 6.10 Å². The Hall–Kier alpha value is -2.21. The fraction of sp³-hybridized carbons (Fsp3) is 0.526. The molecule has 0 N–H and O–H groups in total. The summed E-state index contributed by atoms with van der Waals surface area (Å²) in [4.78, 5) is 19.0. The molecule has 25 heavy (non-hydrogen) atoms. The van der Waals surface area contributed by atoms with E-state index in [9.17, 15) is 4.79 Å². The van der Waals surface area contributed by atoms with Gasteiger partial charge in [-0.25, -0.2) is 0 Å². The first-order valence-electron chi connectivity index (χ1n) is 8.99. The predicted molar refractivity (Wildman–Crippen MR) is 94.3 cm³/mol. The average molecular weight is 343 g/mol. The second-order valence-electron chi connectivity index (χ2n) is 6.46. The molecule has 0 unspecified atom stereocenters. The molecule has 6 heteroatoms. The van der Waals surface area contributed by atoms with Gasteiger partial charge in [-0.2, -0.15) is 4.98 Å². The van der Waals surface area contributed by atoms with E-state index in [1.54, 1.807) is 6.92 Å². The first-order valence-corrected chi connectivity index (χ1v) is 8.99. The van der Waals surface area contributed by atoms with Gasteiger partial charge in [0, 0.05) is 30.8 Å². The quantitative estimate of drug-likeness (QED) is 0.803. The van der Waals surface area contributed by atoms with E-state index in [2.05, 4.69) is 17.1 Å². The van der Waals surface area contributed by atoms with Gasteiger partial charge in [0.2, 0.25) is 0 Å². The highest BCUT2D eigenvalue weighted by Gasteiger charge is 2.22. The summed E-state index contributed by atoms with van der Waals surface area (Å²) in [6.45, 7) is 6.07. The van der Waals surface area contributed by atoms with Crippen molar-refractivity contribution in [1.82, 2.24) is 15.0 Å². The van der Waals surface area contributed by atoms with Crippen LogP contribution in [0.25, 0.3) is 11.5 Å². The Labute approximate surface area is 148 Å². The van der Waals surface area contributed by atoms with Gasteiger partial charge >= 0.3 is 0 Å². The van der Waals surface area contributed by atoms with Gasteiger partial charge < -0.3 is 14.2 Å². The van der Waals surface area contributed by atoms with Gasteiger partial charge in [0.15, 0.2) is 5.82 Å². The molecule has 0 radical (unpaired) electrons. The average Bonchev–Trinajstić information content (AvgIpc) is 3.08. The van der Waals surface area contributed by atoms with Crippen LogP contribution in [-0.4, -0.2) is 46.7 Å². The van der Waals surface area contributed by atoms with Crippen molar-refractivity contribution < 1.29 is 14.1 Å². The van der Waals surface area contributed by atoms with Gasteiger partial charge in [-0.1, -0.05) is 12.1 Å². The van der Waals surface area contributed by atoms with E-state index in [0.29, 0.717) is 23.8 Å². The molecule has 6 nitrogen and oxygen atoms in total. The molecule has 2 heterocycles. The molecule has 1 aromatic carbocycles. The van der Waals surface area contributed by atoms with Crippen molar-refractivity contribution in [2.24, 2.45) is 0 Å². The molecule has 1 aromatic heterocycles. The first-order chi connectivity index (χ1) is 12.2. The Balaban J connectivity index is 1.70. The number of rotatable bonds is 6. The topological polar surface area (TPSA) is 68.5 Å². The summed E-state index contributed by atoms with van der Waals surface area (Å²) < 4.78 is 11.0. The Bertz CT molecular complexity index is 690. The zero-order valence-electron chi connectivity index (χ0n) is 14.9. The zero-order valence-corrected chi connectivity index (χ0v) is 14.9. The van der Waals surface area contributed by atoms with E-state index < -0.39 is 0 Å². The lowest BCUT2D eigenvalue weighted by Crippen LogP contribution is -2.40. The number of nitrogens with zero attached hydrogens (tertiary/aromatic N) is 3. The van der Waals surface area contributed by atoms with Crippen LogP contribution in [0, 0.1) is 6.92 Å². The van der Waals surface area contributed by atoms with Crippen LogP contribution >= 0.6 is 0 Å². The van der Waals surface area contributed by atoms with Crippen LogP contribution in [0.3, 0.4) is 0 Å². The molecule has 134 valence electrons. The van der Waals surface area contributed by atoms with Gasteiger partial charge in [-0.3, -0.25) is 4.79 Å². The Kier molecular flexibility index (Phi) is 5.81. The van der Waals surface area contributed by atoms with Crippen molar-refractivity contribution in [2.45, 2.75) is 45.6 Å². The summed E-state index contributed by atoms with van der Waals surface area (Å²) in [5, 5.41) is 3.79. The Morgan fingerprint density at radius 2 is 2.08 bits per heavy atom. The standard InChI is InChI=1S/C19H25N3O3/c1-3-11-22(13-17-6-4-5-12-24-17)19(23)16-9-7-15(8-10-16)18-20-14(2)21-25-18/h7-10,17H,3-6,11-13H2,1-2H3/t17-/m1/s1. The molecule has 0 bridgehead atoms. The fourth-order valence-electron chi connectivity index (χ4n) is 3.10. The van der Waals surface area contributed by atoms with Crippen molar-refractivity contribution in [2.75, 3.05) is 19.7 Å². The maximum atomic E-state index is 12.9. The summed E-state index contributed by atoms with van der Waals surface area (Å²) in [6, 6.07) is 7.34. The Morgan fingerprint density at radius 3 is 2.68 bits per heavy atom. The summed E-state index contributed by atoms with van der Waals surface area (Å²) in [7, 11) is 0. The van der Waals surface area contributed by atoms with E-state index in [0.717, 1.165) is 38.0 Å². The predicted octanol–water partition coefficient (Wildman–Crippen LogP) is 3.47. The molecule has 1 atom stereocenters. The molecule has 0 saturated carbocycles. The highest BCUT2D eigenvalue weighted by molar-refractivity contribution is 5.94. The highest BCUT2D eigenvalue weighted by atomic mass is 16.5. The second kappa shape index (κ2) is 8.25. The summed E-state index contributed by atoms with van der Waals surface area (Å²) >= 11 is 0. The number of aromatic nitrogens is 2. The maximum absolute atomic E-state index is 12.9. The number of carbonyl (C=O) groups excluding carboxylic acids is 1. The van der Waals surface area contributed by atoms with Crippen molar-refractivity contribution >= 4 is 5.91 Å². The van der Waals surface area contributed by atoms with Crippen LogP contribution in [0.15, 0.2) is 28.8 Å². The third kappa shape index (κ3) is 4.45. The van der Waals surface area contributed by atoms with Crippen molar-refractivity contribution in [3.8, 4) is 11.5 Å². The van der Waals surface area contributed by atoms with Crippen molar-refractivity contribution in [1.29, 1.82) is 0 Å². The molecule has 0 aliphatic carbocycles. The monoisotopic (exact) mass is 343 g/mol. The summed E-state index contributed by atoms with van der Waals surface area (Å²) in [6.07, 6.45) is 4.41. The highest BCUT2D eigenvalue weighted by Crippen LogP contribution is 2.20. The molecular weight excluding hydrogens is 318 g/mol. The number of aryl methyl sites for hydroxylation is 1. The minimum atomic E-state index is 0.0456. The van der Waals surface area contributed by atoms with Crippen molar-refractivity contribution in [3.05, 3.63) is 35.7 Å². The smallest absolute Gasteiger partial charge is 0.257 e. The number of hydrogen-bond donors (Lipinski definition) is 0. The van der Waals surface area contributed by atoms with Crippen LogP contribution in [0.5, 0.6) is 0 Å². The van der Waals surface area contributed by atoms with Gasteiger partial charge in [-0.15, -0.1) is 0 Å². The second-order valence-corrected chi connectivity index (χ2v) is 6.46. The van der Waals surface area contributed by atoms with E-state index in [1.165, 1.54) is 6.42 Å². The van der Waals surface area contributed by atoms with Gasteiger partial charge in [0.25, 0.3) is 11.8 Å². The first kappa shape index (κ1) is 17.6. The van der Waals surface area contributed by atoms with E-state index in [-0.39, 0.29) is 12.0 Å². The van der Waals surface area contributed by atoms with Crippen LogP contribution in [-0.2, 0) is 4.74 Å². The lowest BCUT2D eigenvalue weighted by molar-refractivity contribution is -0.00383. The molecule has 1 saturated heterocycles.